The highest BCUT2D eigenvalue weighted by molar-refractivity contribution is 7.15. The van der Waals surface area contributed by atoms with Gasteiger partial charge in [-0.2, -0.15) is 0 Å². The van der Waals surface area contributed by atoms with Crippen molar-refractivity contribution in [3.63, 3.8) is 0 Å². The number of hydrogen-bond acceptors (Lipinski definition) is 4. The fourth-order valence-corrected chi connectivity index (χ4v) is 3.74. The topological polar surface area (TPSA) is 37.8 Å². The minimum absolute atomic E-state index is 0.0870. The number of rotatable bonds is 5. The molecule has 5 heteroatoms. The largest absolute Gasteiger partial charge is 0.357 e. The van der Waals surface area contributed by atoms with Crippen LogP contribution in [0, 0.1) is 11.7 Å². The Bertz CT molecular complexity index is 605. The van der Waals surface area contributed by atoms with Crippen LogP contribution < -0.4 is 5.32 Å². The lowest BCUT2D eigenvalue weighted by molar-refractivity contribution is 0.363. The lowest BCUT2D eigenvalue weighted by Gasteiger charge is -2.36. The summed E-state index contributed by atoms with van der Waals surface area (Å²) in [7, 11) is 0. The number of anilines is 1. The van der Waals surface area contributed by atoms with Gasteiger partial charge in [0.15, 0.2) is 0 Å². The summed E-state index contributed by atoms with van der Waals surface area (Å²) in [6.45, 7) is 4.36. The van der Waals surface area contributed by atoms with Gasteiger partial charge in [-0.3, -0.25) is 0 Å². The molecule has 0 aliphatic heterocycles. The second-order valence-electron chi connectivity index (χ2n) is 6.13. The van der Waals surface area contributed by atoms with E-state index in [2.05, 4.69) is 29.4 Å². The predicted octanol–water partition coefficient (Wildman–Crippen LogP) is 4.23. The molecule has 3 rings (SSSR count). The van der Waals surface area contributed by atoms with Crippen LogP contribution in [-0.2, 0) is 6.42 Å². The van der Waals surface area contributed by atoms with Gasteiger partial charge in [0, 0.05) is 12.5 Å². The Balaban J connectivity index is 1.53. The number of nitrogens with one attached hydrogen (secondary N) is 1. The van der Waals surface area contributed by atoms with E-state index in [1.165, 1.54) is 0 Å². The molecule has 21 heavy (non-hydrogen) atoms. The first kappa shape index (κ1) is 14.4. The molecule has 0 bridgehead atoms. The van der Waals surface area contributed by atoms with Crippen LogP contribution in [0.5, 0.6) is 0 Å². The van der Waals surface area contributed by atoms with Gasteiger partial charge in [-0.15, -0.1) is 10.2 Å². The summed E-state index contributed by atoms with van der Waals surface area (Å²) in [6.07, 6.45) is 2.89. The highest BCUT2D eigenvalue weighted by Crippen LogP contribution is 2.39. The normalized spacial score (nSPS) is 21.3. The molecule has 1 aromatic carbocycles. The van der Waals surface area contributed by atoms with Crippen LogP contribution in [0.15, 0.2) is 24.3 Å². The fraction of sp³-hybridized carbons (Fsp3) is 0.500. The molecule has 0 amide bonds. The van der Waals surface area contributed by atoms with Crippen LogP contribution in [0.4, 0.5) is 9.52 Å². The van der Waals surface area contributed by atoms with E-state index in [1.54, 1.807) is 23.5 Å². The Labute approximate surface area is 128 Å². The van der Waals surface area contributed by atoms with E-state index in [0.717, 1.165) is 35.0 Å². The maximum atomic E-state index is 13.7. The molecule has 1 saturated carbocycles. The molecule has 0 atom stereocenters. The van der Waals surface area contributed by atoms with Gasteiger partial charge in [0.25, 0.3) is 0 Å². The molecule has 1 aliphatic rings. The van der Waals surface area contributed by atoms with Crippen molar-refractivity contribution in [3.05, 3.63) is 40.7 Å². The highest BCUT2D eigenvalue weighted by Gasteiger charge is 2.32. The third-order valence-corrected chi connectivity index (χ3v) is 4.74. The standard InChI is InChI=1S/C16H20FN3S/c1-10(2)7-15-19-20-16(21-15)18-12-8-11(9-12)13-5-3-4-6-14(13)17/h3-6,10-12H,7-9H2,1-2H3,(H,18,20). The smallest absolute Gasteiger partial charge is 0.205 e. The van der Waals surface area contributed by atoms with Gasteiger partial charge < -0.3 is 5.32 Å². The van der Waals surface area contributed by atoms with Crippen LogP contribution in [-0.4, -0.2) is 16.2 Å². The average Bonchev–Trinajstić information content (AvgIpc) is 2.81. The second-order valence-corrected chi connectivity index (χ2v) is 7.19. The van der Waals surface area contributed by atoms with E-state index in [4.69, 9.17) is 0 Å². The third kappa shape index (κ3) is 3.40. The third-order valence-electron chi connectivity index (χ3n) is 3.86. The molecule has 1 heterocycles. The van der Waals surface area contributed by atoms with Gasteiger partial charge >= 0.3 is 0 Å². The minimum atomic E-state index is -0.0870. The van der Waals surface area contributed by atoms with Crippen molar-refractivity contribution < 1.29 is 4.39 Å². The molecule has 3 nitrogen and oxygen atoms in total. The van der Waals surface area contributed by atoms with Gasteiger partial charge in [-0.25, -0.2) is 4.39 Å². The number of aromatic nitrogens is 2. The zero-order chi connectivity index (χ0) is 14.8. The molecule has 1 aromatic heterocycles. The summed E-state index contributed by atoms with van der Waals surface area (Å²) in [6, 6.07) is 7.46. The second kappa shape index (κ2) is 6.10. The Morgan fingerprint density at radius 2 is 2.05 bits per heavy atom. The maximum Gasteiger partial charge on any atom is 0.205 e. The van der Waals surface area contributed by atoms with Crippen LogP contribution in [0.3, 0.4) is 0 Å². The van der Waals surface area contributed by atoms with E-state index >= 15 is 0 Å². The van der Waals surface area contributed by atoms with Crippen LogP contribution in [0.1, 0.15) is 43.2 Å². The summed E-state index contributed by atoms with van der Waals surface area (Å²) in [5, 5.41) is 13.8. The molecule has 112 valence electrons. The first-order valence-corrected chi connectivity index (χ1v) is 8.27. The van der Waals surface area contributed by atoms with E-state index < -0.39 is 0 Å². The van der Waals surface area contributed by atoms with Crippen molar-refractivity contribution in [1.29, 1.82) is 0 Å². The molecule has 0 spiro atoms. The zero-order valence-corrected chi connectivity index (χ0v) is 13.2. The van der Waals surface area contributed by atoms with Crippen molar-refractivity contribution >= 4 is 16.5 Å². The predicted molar refractivity (Wildman–Crippen MR) is 84.2 cm³/mol. The lowest BCUT2D eigenvalue weighted by Crippen LogP contribution is -2.34. The van der Waals surface area contributed by atoms with Crippen molar-refractivity contribution in [3.8, 4) is 0 Å². The zero-order valence-electron chi connectivity index (χ0n) is 12.3. The molecule has 0 saturated heterocycles. The summed E-state index contributed by atoms with van der Waals surface area (Å²) in [5.74, 6) is 0.836. The molecular weight excluding hydrogens is 285 g/mol. The first-order chi connectivity index (χ1) is 10.1. The summed E-state index contributed by atoms with van der Waals surface area (Å²) in [4.78, 5) is 0. The van der Waals surface area contributed by atoms with Crippen LogP contribution in [0.25, 0.3) is 0 Å². The van der Waals surface area contributed by atoms with E-state index in [1.807, 2.05) is 12.1 Å². The Morgan fingerprint density at radius 3 is 2.76 bits per heavy atom. The van der Waals surface area contributed by atoms with Gasteiger partial charge in [-0.1, -0.05) is 43.4 Å². The molecule has 0 radical (unpaired) electrons. The number of halogens is 1. The maximum absolute atomic E-state index is 13.7. The summed E-state index contributed by atoms with van der Waals surface area (Å²) < 4.78 is 13.7. The molecular formula is C16H20FN3S. The number of hydrogen-bond donors (Lipinski definition) is 1. The summed E-state index contributed by atoms with van der Waals surface area (Å²) >= 11 is 1.63. The van der Waals surface area contributed by atoms with Gasteiger partial charge in [0.2, 0.25) is 5.13 Å². The van der Waals surface area contributed by atoms with Gasteiger partial charge in [0.05, 0.1) is 0 Å². The summed E-state index contributed by atoms with van der Waals surface area (Å²) in [5.41, 5.74) is 0.841. The number of benzene rings is 1. The monoisotopic (exact) mass is 305 g/mol. The van der Waals surface area contributed by atoms with Crippen molar-refractivity contribution in [2.45, 2.75) is 45.1 Å². The Kier molecular flexibility index (Phi) is 4.19. The Morgan fingerprint density at radius 1 is 1.29 bits per heavy atom. The SMILES string of the molecule is CC(C)Cc1nnc(NC2CC(c3ccccc3F)C2)s1. The molecule has 1 aliphatic carbocycles. The van der Waals surface area contributed by atoms with Crippen molar-refractivity contribution in [2.24, 2.45) is 5.92 Å². The fourth-order valence-electron chi connectivity index (χ4n) is 2.71. The van der Waals surface area contributed by atoms with Crippen molar-refractivity contribution in [2.75, 3.05) is 5.32 Å². The van der Waals surface area contributed by atoms with E-state index in [0.29, 0.717) is 17.9 Å². The molecule has 2 aromatic rings. The average molecular weight is 305 g/mol. The van der Waals surface area contributed by atoms with E-state index in [-0.39, 0.29) is 5.82 Å². The quantitative estimate of drug-likeness (QED) is 0.898. The van der Waals surface area contributed by atoms with Crippen molar-refractivity contribution in [1.82, 2.24) is 10.2 Å². The highest BCUT2D eigenvalue weighted by atomic mass is 32.1. The van der Waals surface area contributed by atoms with Crippen LogP contribution >= 0.6 is 11.3 Å². The van der Waals surface area contributed by atoms with Gasteiger partial charge in [-0.05, 0) is 36.3 Å². The minimum Gasteiger partial charge on any atom is -0.357 e. The molecule has 1 N–H and O–H groups in total. The van der Waals surface area contributed by atoms with E-state index in [9.17, 15) is 4.39 Å². The number of nitrogens with zero attached hydrogens (tertiary/aromatic N) is 2. The molecule has 1 fully saturated rings. The lowest BCUT2D eigenvalue weighted by atomic mass is 9.76. The van der Waals surface area contributed by atoms with Gasteiger partial charge in [0.1, 0.15) is 10.8 Å². The first-order valence-electron chi connectivity index (χ1n) is 7.45. The molecule has 0 unspecified atom stereocenters. The Hall–Kier alpha value is -1.49. The van der Waals surface area contributed by atoms with Crippen LogP contribution in [0.2, 0.25) is 0 Å².